The van der Waals surface area contributed by atoms with E-state index in [1.807, 2.05) is 12.1 Å². The number of rotatable bonds is 6. The molecule has 6 heteroatoms. The Labute approximate surface area is 113 Å². The minimum atomic E-state index is -3.28. The van der Waals surface area contributed by atoms with Crippen molar-refractivity contribution >= 4 is 21.4 Å². The molecule has 2 rings (SSSR count). The average Bonchev–Trinajstić information content (AvgIpc) is 3.09. The van der Waals surface area contributed by atoms with Crippen LogP contribution in [-0.4, -0.2) is 32.4 Å². The van der Waals surface area contributed by atoms with Gasteiger partial charge in [-0.3, -0.25) is 4.79 Å². The van der Waals surface area contributed by atoms with Crippen molar-refractivity contribution in [3.05, 3.63) is 29.8 Å². The van der Waals surface area contributed by atoms with Crippen LogP contribution in [-0.2, 0) is 21.2 Å². The van der Waals surface area contributed by atoms with Crippen LogP contribution in [0.4, 0.5) is 5.69 Å². The van der Waals surface area contributed by atoms with Gasteiger partial charge in [0, 0.05) is 24.5 Å². The summed E-state index contributed by atoms with van der Waals surface area (Å²) in [5, 5.41) is 5.96. The zero-order valence-corrected chi connectivity index (χ0v) is 11.7. The Morgan fingerprint density at radius 1 is 1.26 bits per heavy atom. The Morgan fingerprint density at radius 3 is 2.42 bits per heavy atom. The average molecular weight is 282 g/mol. The largest absolute Gasteiger partial charge is 0.325 e. The summed E-state index contributed by atoms with van der Waals surface area (Å²) in [4.78, 5) is 11.4. The number of benzene rings is 1. The maximum Gasteiger partial charge on any atom is 0.239 e. The monoisotopic (exact) mass is 282 g/mol. The first kappa shape index (κ1) is 14.0. The fourth-order valence-corrected chi connectivity index (χ4v) is 2.24. The van der Waals surface area contributed by atoms with Crippen molar-refractivity contribution in [2.75, 3.05) is 17.3 Å². The van der Waals surface area contributed by atoms with E-state index in [2.05, 4.69) is 10.6 Å². The van der Waals surface area contributed by atoms with Crippen LogP contribution in [0.5, 0.6) is 0 Å². The number of amides is 1. The lowest BCUT2D eigenvalue weighted by Gasteiger charge is -2.06. The van der Waals surface area contributed by atoms with Gasteiger partial charge in [-0.15, -0.1) is 0 Å². The molecular weight excluding hydrogens is 264 g/mol. The van der Waals surface area contributed by atoms with E-state index in [0.717, 1.165) is 18.4 Å². The highest BCUT2D eigenvalue weighted by Gasteiger charge is 2.19. The summed E-state index contributed by atoms with van der Waals surface area (Å²) in [6.45, 7) is 0.822. The lowest BCUT2D eigenvalue weighted by Crippen LogP contribution is -2.22. The molecule has 1 fully saturated rings. The Bertz CT molecular complexity index is 548. The van der Waals surface area contributed by atoms with Crippen LogP contribution in [0.25, 0.3) is 0 Å². The second-order valence-corrected chi connectivity index (χ2v) is 7.11. The summed E-state index contributed by atoms with van der Waals surface area (Å²) in [6, 6.07) is 8.07. The van der Waals surface area contributed by atoms with Gasteiger partial charge in [0.1, 0.15) is 5.75 Å². The highest BCUT2D eigenvalue weighted by Crippen LogP contribution is 2.19. The van der Waals surface area contributed by atoms with Crippen molar-refractivity contribution in [3.63, 3.8) is 0 Å². The fourth-order valence-electron chi connectivity index (χ4n) is 1.69. The van der Waals surface area contributed by atoms with E-state index >= 15 is 0 Å². The van der Waals surface area contributed by atoms with Crippen molar-refractivity contribution in [3.8, 4) is 0 Å². The molecule has 0 aliphatic heterocycles. The smallest absolute Gasteiger partial charge is 0.239 e. The van der Waals surface area contributed by atoms with Gasteiger partial charge in [0.2, 0.25) is 5.91 Å². The molecule has 1 amide bonds. The second kappa shape index (κ2) is 5.71. The molecule has 0 bridgehead atoms. The van der Waals surface area contributed by atoms with Gasteiger partial charge in [-0.25, -0.2) is 8.42 Å². The van der Waals surface area contributed by atoms with Gasteiger partial charge in [-0.1, -0.05) is 12.1 Å². The zero-order valence-electron chi connectivity index (χ0n) is 10.8. The normalized spacial score (nSPS) is 15.2. The van der Waals surface area contributed by atoms with Gasteiger partial charge in [0.05, 0.1) is 0 Å². The van der Waals surface area contributed by atoms with E-state index in [-0.39, 0.29) is 0 Å². The predicted octanol–water partition coefficient (Wildman–Crippen LogP) is 0.922. The summed E-state index contributed by atoms with van der Waals surface area (Å²) >= 11 is 0. The Morgan fingerprint density at radius 2 is 1.89 bits per heavy atom. The Kier molecular flexibility index (Phi) is 4.21. The molecule has 19 heavy (non-hydrogen) atoms. The maximum absolute atomic E-state index is 11.4. The third kappa shape index (κ3) is 5.40. The predicted molar refractivity (Wildman–Crippen MR) is 74.6 cm³/mol. The minimum Gasteiger partial charge on any atom is -0.325 e. The zero-order chi connectivity index (χ0) is 13.9. The molecule has 0 saturated heterocycles. The number of sulfone groups is 1. The first-order valence-corrected chi connectivity index (χ1v) is 8.28. The van der Waals surface area contributed by atoms with Gasteiger partial charge < -0.3 is 10.6 Å². The topological polar surface area (TPSA) is 75.3 Å². The van der Waals surface area contributed by atoms with Crippen LogP contribution in [0.15, 0.2) is 24.3 Å². The van der Waals surface area contributed by atoms with Crippen LogP contribution >= 0.6 is 0 Å². The molecule has 0 radical (unpaired) electrons. The SMILES string of the molecule is CS(=O)(=O)CC(=O)Nc1ccc(CNC2CC2)cc1. The third-order valence-corrected chi connectivity index (χ3v) is 3.59. The van der Waals surface area contributed by atoms with E-state index in [9.17, 15) is 13.2 Å². The van der Waals surface area contributed by atoms with Crippen molar-refractivity contribution in [2.45, 2.75) is 25.4 Å². The summed E-state index contributed by atoms with van der Waals surface area (Å²) in [7, 11) is -3.28. The van der Waals surface area contributed by atoms with Gasteiger partial charge in [0.25, 0.3) is 0 Å². The molecule has 0 unspecified atom stereocenters. The molecule has 1 aromatic carbocycles. The van der Waals surface area contributed by atoms with Crippen molar-refractivity contribution < 1.29 is 13.2 Å². The number of carbonyl (C=O) groups excluding carboxylic acids is 1. The molecule has 0 aromatic heterocycles. The first-order valence-electron chi connectivity index (χ1n) is 6.22. The molecule has 1 aliphatic rings. The van der Waals surface area contributed by atoms with Crippen LogP contribution in [0.1, 0.15) is 18.4 Å². The van der Waals surface area contributed by atoms with Crippen LogP contribution in [0, 0.1) is 0 Å². The Hall–Kier alpha value is -1.40. The molecule has 0 heterocycles. The van der Waals surface area contributed by atoms with E-state index in [1.165, 1.54) is 12.8 Å². The van der Waals surface area contributed by atoms with Crippen LogP contribution < -0.4 is 10.6 Å². The van der Waals surface area contributed by atoms with Crippen molar-refractivity contribution in [1.82, 2.24) is 5.32 Å². The highest BCUT2D eigenvalue weighted by atomic mass is 32.2. The van der Waals surface area contributed by atoms with Gasteiger partial charge >= 0.3 is 0 Å². The summed E-state index contributed by atoms with van der Waals surface area (Å²) in [5.41, 5.74) is 1.76. The second-order valence-electron chi connectivity index (χ2n) is 4.97. The molecule has 2 N–H and O–H groups in total. The summed E-state index contributed by atoms with van der Waals surface area (Å²) < 4.78 is 21.9. The van der Waals surface area contributed by atoms with E-state index in [1.54, 1.807) is 12.1 Å². The molecule has 104 valence electrons. The quantitative estimate of drug-likeness (QED) is 0.813. The third-order valence-electron chi connectivity index (χ3n) is 2.80. The molecular formula is C13H18N2O3S. The van der Waals surface area contributed by atoms with Crippen LogP contribution in [0.2, 0.25) is 0 Å². The van der Waals surface area contributed by atoms with E-state index < -0.39 is 21.5 Å². The molecule has 0 spiro atoms. The number of anilines is 1. The Balaban J connectivity index is 1.85. The van der Waals surface area contributed by atoms with Gasteiger partial charge in [0.15, 0.2) is 9.84 Å². The minimum absolute atomic E-state index is 0.488. The van der Waals surface area contributed by atoms with Crippen LogP contribution in [0.3, 0.4) is 0 Å². The molecule has 1 aromatic rings. The fraction of sp³-hybridized carbons (Fsp3) is 0.462. The number of hydrogen-bond acceptors (Lipinski definition) is 4. The summed E-state index contributed by atoms with van der Waals surface area (Å²) in [6.07, 6.45) is 3.54. The van der Waals surface area contributed by atoms with E-state index in [4.69, 9.17) is 0 Å². The van der Waals surface area contributed by atoms with Gasteiger partial charge in [-0.2, -0.15) is 0 Å². The number of nitrogens with one attached hydrogen (secondary N) is 2. The number of carbonyl (C=O) groups is 1. The highest BCUT2D eigenvalue weighted by molar-refractivity contribution is 7.91. The first-order chi connectivity index (χ1) is 8.92. The summed E-state index contributed by atoms with van der Waals surface area (Å²) in [5.74, 6) is -0.996. The van der Waals surface area contributed by atoms with Crippen molar-refractivity contribution in [2.24, 2.45) is 0 Å². The molecule has 0 atom stereocenters. The lowest BCUT2D eigenvalue weighted by molar-refractivity contribution is -0.113. The molecule has 1 saturated carbocycles. The van der Waals surface area contributed by atoms with Gasteiger partial charge in [-0.05, 0) is 30.5 Å². The standard InChI is InChI=1S/C13H18N2O3S/c1-19(17,18)9-13(16)15-12-4-2-10(3-5-12)8-14-11-6-7-11/h2-5,11,14H,6-9H2,1H3,(H,15,16). The number of hydrogen-bond donors (Lipinski definition) is 2. The molecule has 1 aliphatic carbocycles. The van der Waals surface area contributed by atoms with Crippen molar-refractivity contribution in [1.29, 1.82) is 0 Å². The lowest BCUT2D eigenvalue weighted by atomic mass is 10.2. The van der Waals surface area contributed by atoms with E-state index in [0.29, 0.717) is 11.7 Å². The maximum atomic E-state index is 11.4. The molecule has 5 nitrogen and oxygen atoms in total.